The Labute approximate surface area is 110 Å². The van der Waals surface area contributed by atoms with Crippen LogP contribution in [-0.2, 0) is 6.61 Å². The molecule has 2 nitrogen and oxygen atoms in total. The van der Waals surface area contributed by atoms with Gasteiger partial charge in [0.05, 0.1) is 12.5 Å². The Balaban J connectivity index is 0.000000357. The first kappa shape index (κ1) is 14.4. The average Bonchev–Trinajstić information content (AvgIpc) is 2.92. The van der Waals surface area contributed by atoms with Crippen LogP contribution in [0, 0.1) is 6.92 Å². The van der Waals surface area contributed by atoms with E-state index in [0.29, 0.717) is 6.61 Å². The molecule has 0 bridgehead atoms. The minimum Gasteiger partial charge on any atom is -0.489 e. The number of hydrogen-bond donors (Lipinski definition) is 0. The van der Waals surface area contributed by atoms with Gasteiger partial charge in [-0.1, -0.05) is 44.4 Å². The Kier molecular flexibility index (Phi) is 6.70. The molecule has 0 spiro atoms. The summed E-state index contributed by atoms with van der Waals surface area (Å²) in [6.45, 7) is 6.97. The first-order valence-electron chi connectivity index (χ1n) is 6.46. The quantitative estimate of drug-likeness (QED) is 0.759. The summed E-state index contributed by atoms with van der Waals surface area (Å²) in [6.07, 6.45) is 5.97. The Hall–Kier alpha value is -1.70. The van der Waals surface area contributed by atoms with Crippen LogP contribution in [0.4, 0.5) is 0 Å². The number of ether oxygens (including phenoxy) is 1. The summed E-state index contributed by atoms with van der Waals surface area (Å²) >= 11 is 0. The highest BCUT2D eigenvalue weighted by Crippen LogP contribution is 2.13. The highest BCUT2D eigenvalue weighted by atomic mass is 16.5. The lowest BCUT2D eigenvalue weighted by molar-refractivity contribution is 0.304. The Bertz CT molecular complexity index is 399. The summed E-state index contributed by atoms with van der Waals surface area (Å²) in [4.78, 5) is 0. The van der Waals surface area contributed by atoms with Crippen LogP contribution in [0.3, 0.4) is 0 Å². The van der Waals surface area contributed by atoms with Gasteiger partial charge >= 0.3 is 0 Å². The van der Waals surface area contributed by atoms with Gasteiger partial charge in [-0.15, -0.1) is 0 Å². The van der Waals surface area contributed by atoms with Crippen molar-refractivity contribution < 1.29 is 9.15 Å². The van der Waals surface area contributed by atoms with E-state index >= 15 is 0 Å². The fourth-order valence-electron chi connectivity index (χ4n) is 1.18. The lowest BCUT2D eigenvalue weighted by atomic mass is 10.2. The summed E-state index contributed by atoms with van der Waals surface area (Å²) in [6, 6.07) is 9.90. The normalized spacial score (nSPS) is 9.50. The molecule has 0 fully saturated rings. The fraction of sp³-hybridized carbons (Fsp3) is 0.375. The molecule has 0 radical (unpaired) electrons. The van der Waals surface area contributed by atoms with Crippen LogP contribution >= 0.6 is 0 Å². The predicted molar refractivity (Wildman–Crippen MR) is 74.8 cm³/mol. The minimum atomic E-state index is 0.555. The van der Waals surface area contributed by atoms with Gasteiger partial charge < -0.3 is 9.15 Å². The van der Waals surface area contributed by atoms with Gasteiger partial charge in [-0.3, -0.25) is 0 Å². The average molecular weight is 246 g/mol. The number of unbranched alkanes of at least 4 members (excludes halogenated alkanes) is 1. The number of furan rings is 1. The maximum atomic E-state index is 5.55. The maximum Gasteiger partial charge on any atom is 0.119 e. The van der Waals surface area contributed by atoms with E-state index in [4.69, 9.17) is 9.15 Å². The van der Waals surface area contributed by atoms with Crippen LogP contribution in [0.5, 0.6) is 5.75 Å². The smallest absolute Gasteiger partial charge is 0.119 e. The molecule has 0 aliphatic carbocycles. The van der Waals surface area contributed by atoms with Crippen molar-refractivity contribution in [2.75, 3.05) is 0 Å². The summed E-state index contributed by atoms with van der Waals surface area (Å²) < 4.78 is 10.5. The van der Waals surface area contributed by atoms with E-state index in [-0.39, 0.29) is 0 Å². The second-order valence-electron chi connectivity index (χ2n) is 4.23. The van der Waals surface area contributed by atoms with Gasteiger partial charge in [0.25, 0.3) is 0 Å². The van der Waals surface area contributed by atoms with Gasteiger partial charge in [0.15, 0.2) is 0 Å². The second-order valence-corrected chi connectivity index (χ2v) is 4.23. The molecule has 98 valence electrons. The van der Waals surface area contributed by atoms with E-state index in [0.717, 1.165) is 11.3 Å². The molecule has 2 aromatic rings. The molecule has 2 rings (SSSR count). The molecule has 1 aromatic heterocycles. The minimum absolute atomic E-state index is 0.555. The van der Waals surface area contributed by atoms with Crippen molar-refractivity contribution in [3.05, 3.63) is 54.0 Å². The second kappa shape index (κ2) is 8.40. The van der Waals surface area contributed by atoms with Crippen molar-refractivity contribution >= 4 is 0 Å². The molecule has 18 heavy (non-hydrogen) atoms. The van der Waals surface area contributed by atoms with Crippen molar-refractivity contribution in [1.82, 2.24) is 0 Å². The Morgan fingerprint density at radius 3 is 2.17 bits per heavy atom. The topological polar surface area (TPSA) is 22.4 Å². The lowest BCUT2D eigenvalue weighted by Crippen LogP contribution is -1.93. The number of aryl methyl sites for hydroxylation is 1. The molecule has 1 aromatic carbocycles. The van der Waals surface area contributed by atoms with Gasteiger partial charge in [-0.05, 0) is 25.1 Å². The van der Waals surface area contributed by atoms with E-state index in [9.17, 15) is 0 Å². The van der Waals surface area contributed by atoms with Gasteiger partial charge in [-0.2, -0.15) is 0 Å². The standard InChI is InChI=1S/C12H12O2.C4H10/c1-10-2-4-12(5-3-10)14-9-11-6-7-13-8-11;1-3-4-2/h2-8H,9H2,1H3;3-4H2,1-2H3. The van der Waals surface area contributed by atoms with Crippen molar-refractivity contribution in [2.24, 2.45) is 0 Å². The molecular formula is C16H22O2. The predicted octanol–water partition coefficient (Wildman–Crippen LogP) is 4.97. The lowest BCUT2D eigenvalue weighted by Gasteiger charge is -2.03. The van der Waals surface area contributed by atoms with Crippen LogP contribution in [0.15, 0.2) is 47.3 Å². The first-order chi connectivity index (χ1) is 8.76. The monoisotopic (exact) mass is 246 g/mol. The molecule has 0 saturated heterocycles. The van der Waals surface area contributed by atoms with Crippen LogP contribution in [0.25, 0.3) is 0 Å². The summed E-state index contributed by atoms with van der Waals surface area (Å²) in [5.41, 5.74) is 2.28. The van der Waals surface area contributed by atoms with Gasteiger partial charge in [-0.25, -0.2) is 0 Å². The summed E-state index contributed by atoms with van der Waals surface area (Å²) in [5, 5.41) is 0. The molecule has 0 N–H and O–H groups in total. The molecule has 0 unspecified atom stereocenters. The van der Waals surface area contributed by atoms with Crippen molar-refractivity contribution in [3.63, 3.8) is 0 Å². The molecule has 0 amide bonds. The van der Waals surface area contributed by atoms with E-state index in [1.807, 2.05) is 30.3 Å². The zero-order valence-corrected chi connectivity index (χ0v) is 11.5. The van der Waals surface area contributed by atoms with Crippen molar-refractivity contribution in [3.8, 4) is 5.75 Å². The number of rotatable bonds is 4. The largest absolute Gasteiger partial charge is 0.489 e. The SMILES string of the molecule is CCCC.Cc1ccc(OCc2ccoc2)cc1. The molecule has 0 saturated carbocycles. The Morgan fingerprint density at radius 2 is 1.67 bits per heavy atom. The van der Waals surface area contributed by atoms with Gasteiger partial charge in [0.1, 0.15) is 12.4 Å². The zero-order valence-electron chi connectivity index (χ0n) is 11.5. The Morgan fingerprint density at radius 1 is 1.00 bits per heavy atom. The summed E-state index contributed by atoms with van der Waals surface area (Å²) in [7, 11) is 0. The third kappa shape index (κ3) is 5.58. The van der Waals surface area contributed by atoms with Crippen molar-refractivity contribution in [1.29, 1.82) is 0 Å². The number of benzene rings is 1. The van der Waals surface area contributed by atoms with Crippen LogP contribution in [-0.4, -0.2) is 0 Å². The molecule has 1 heterocycles. The van der Waals surface area contributed by atoms with Crippen LogP contribution < -0.4 is 4.74 Å². The van der Waals surface area contributed by atoms with Gasteiger partial charge in [0.2, 0.25) is 0 Å². The summed E-state index contributed by atoms with van der Waals surface area (Å²) in [5.74, 6) is 0.886. The highest BCUT2D eigenvalue weighted by Gasteiger charge is 1.96. The highest BCUT2D eigenvalue weighted by molar-refractivity contribution is 5.26. The third-order valence-corrected chi connectivity index (χ3v) is 2.51. The zero-order chi connectivity index (χ0) is 13.2. The maximum absolute atomic E-state index is 5.55. The van der Waals surface area contributed by atoms with E-state index in [1.54, 1.807) is 12.5 Å². The first-order valence-corrected chi connectivity index (χ1v) is 6.46. The van der Waals surface area contributed by atoms with Gasteiger partial charge in [0, 0.05) is 5.56 Å². The molecule has 0 atom stereocenters. The fourth-order valence-corrected chi connectivity index (χ4v) is 1.18. The van der Waals surface area contributed by atoms with Crippen LogP contribution in [0.2, 0.25) is 0 Å². The molecule has 0 aliphatic heterocycles. The van der Waals surface area contributed by atoms with E-state index in [2.05, 4.69) is 20.8 Å². The molecule has 0 aliphatic rings. The van der Waals surface area contributed by atoms with Crippen molar-refractivity contribution in [2.45, 2.75) is 40.2 Å². The van der Waals surface area contributed by atoms with E-state index in [1.165, 1.54) is 18.4 Å². The number of hydrogen-bond acceptors (Lipinski definition) is 2. The third-order valence-electron chi connectivity index (χ3n) is 2.51. The van der Waals surface area contributed by atoms with Crippen LogP contribution in [0.1, 0.15) is 37.8 Å². The molecule has 2 heteroatoms. The van der Waals surface area contributed by atoms with E-state index < -0.39 is 0 Å². The molecular weight excluding hydrogens is 224 g/mol.